The Hall–Kier alpha value is -3.55. The average molecular weight is 395 g/mol. The molecule has 1 unspecified atom stereocenters. The van der Waals surface area contributed by atoms with Crippen molar-refractivity contribution in [2.75, 3.05) is 18.5 Å². The van der Waals surface area contributed by atoms with Crippen LogP contribution in [0.1, 0.15) is 19.8 Å². The van der Waals surface area contributed by atoms with Gasteiger partial charge in [-0.2, -0.15) is 0 Å². The van der Waals surface area contributed by atoms with Gasteiger partial charge in [0.25, 0.3) is 5.91 Å². The highest BCUT2D eigenvalue weighted by Gasteiger charge is 2.29. The number of carbonyl (C=O) groups excluding carboxylic acids is 1. The van der Waals surface area contributed by atoms with Crippen LogP contribution >= 0.6 is 0 Å². The predicted molar refractivity (Wildman–Crippen MR) is 105 cm³/mol. The van der Waals surface area contributed by atoms with E-state index in [1.165, 1.54) is 0 Å². The van der Waals surface area contributed by atoms with Gasteiger partial charge in [-0.15, -0.1) is 0 Å². The third-order valence-corrected chi connectivity index (χ3v) is 4.43. The summed E-state index contributed by atoms with van der Waals surface area (Å²) >= 11 is 0. The van der Waals surface area contributed by atoms with E-state index in [1.54, 1.807) is 12.1 Å². The molecule has 2 aromatic carbocycles. The fourth-order valence-corrected chi connectivity index (χ4v) is 2.85. The van der Waals surface area contributed by atoms with Crippen molar-refractivity contribution in [3.63, 3.8) is 0 Å². The normalized spacial score (nSPS) is 15.0. The lowest BCUT2D eigenvalue weighted by atomic mass is 10.1. The van der Waals surface area contributed by atoms with Crippen molar-refractivity contribution >= 4 is 11.7 Å². The molecule has 8 heteroatoms. The van der Waals surface area contributed by atoms with Gasteiger partial charge in [0.2, 0.25) is 11.9 Å². The Morgan fingerprint density at radius 1 is 1.14 bits per heavy atom. The Kier molecular flexibility index (Phi) is 5.60. The number of benzene rings is 2. The monoisotopic (exact) mass is 395 g/mol. The quantitative estimate of drug-likeness (QED) is 0.610. The first-order valence-electron chi connectivity index (χ1n) is 9.49. The highest BCUT2D eigenvalue weighted by atomic mass is 16.6. The Balaban J connectivity index is 1.42. The minimum atomic E-state index is -0.802. The zero-order valence-electron chi connectivity index (χ0n) is 16.0. The van der Waals surface area contributed by atoms with Crippen molar-refractivity contribution in [3.8, 4) is 28.5 Å². The van der Waals surface area contributed by atoms with Crippen molar-refractivity contribution in [2.24, 2.45) is 0 Å². The zero-order valence-corrected chi connectivity index (χ0v) is 16.0. The van der Waals surface area contributed by atoms with Crippen molar-refractivity contribution < 1.29 is 23.6 Å². The van der Waals surface area contributed by atoms with E-state index in [1.807, 2.05) is 36.4 Å². The maximum absolute atomic E-state index is 12.6. The van der Waals surface area contributed by atoms with Crippen LogP contribution in [0, 0.1) is 0 Å². The van der Waals surface area contributed by atoms with E-state index in [0.29, 0.717) is 23.8 Å². The summed E-state index contributed by atoms with van der Waals surface area (Å²) in [7, 11) is 0. The van der Waals surface area contributed by atoms with Crippen molar-refractivity contribution in [1.82, 2.24) is 10.3 Å². The smallest absolute Gasteiger partial charge is 0.270 e. The fourth-order valence-electron chi connectivity index (χ4n) is 2.85. The van der Waals surface area contributed by atoms with Crippen LogP contribution in [0.5, 0.6) is 17.2 Å². The van der Waals surface area contributed by atoms with Crippen LogP contribution in [-0.2, 0) is 4.79 Å². The van der Waals surface area contributed by atoms with Gasteiger partial charge in [0.1, 0.15) is 12.4 Å². The second-order valence-electron chi connectivity index (χ2n) is 6.54. The van der Waals surface area contributed by atoms with Gasteiger partial charge in [-0.05, 0) is 53.1 Å². The first-order valence-corrected chi connectivity index (χ1v) is 9.49. The Labute approximate surface area is 167 Å². The number of carbonyl (C=O) groups is 1. The maximum Gasteiger partial charge on any atom is 0.270 e. The fraction of sp³-hybridized carbons (Fsp3) is 0.286. The molecule has 0 saturated carbocycles. The van der Waals surface area contributed by atoms with Gasteiger partial charge in [0.15, 0.2) is 17.2 Å². The number of rotatable bonds is 7. The van der Waals surface area contributed by atoms with Crippen LogP contribution in [0.15, 0.2) is 53.2 Å². The van der Waals surface area contributed by atoms with Crippen molar-refractivity contribution in [3.05, 3.63) is 48.5 Å². The van der Waals surface area contributed by atoms with E-state index in [0.717, 1.165) is 24.2 Å². The van der Waals surface area contributed by atoms with Gasteiger partial charge in [0.05, 0.1) is 6.61 Å². The molecule has 1 aliphatic rings. The second-order valence-corrected chi connectivity index (χ2v) is 6.54. The molecular weight excluding hydrogens is 374 g/mol. The summed E-state index contributed by atoms with van der Waals surface area (Å²) in [5, 5.41) is 10.4. The number of nitrogens with zero attached hydrogens (tertiary/aromatic N) is 2. The molecule has 1 aliphatic heterocycles. The van der Waals surface area contributed by atoms with E-state index < -0.39 is 12.0 Å². The van der Waals surface area contributed by atoms with Crippen molar-refractivity contribution in [2.45, 2.75) is 25.9 Å². The van der Waals surface area contributed by atoms with E-state index >= 15 is 0 Å². The molecule has 29 heavy (non-hydrogen) atoms. The number of anilines is 1. The SMILES string of the molecule is CCCCOc1ccc(-c2nonc2NC(=O)C2COc3ccccc3O2)cc1. The van der Waals surface area contributed by atoms with E-state index in [2.05, 4.69) is 22.6 Å². The minimum absolute atomic E-state index is 0.104. The topological polar surface area (TPSA) is 95.7 Å². The highest BCUT2D eigenvalue weighted by Crippen LogP contribution is 2.32. The lowest BCUT2D eigenvalue weighted by Gasteiger charge is -2.25. The second kappa shape index (κ2) is 8.64. The van der Waals surface area contributed by atoms with Crippen LogP contribution < -0.4 is 19.5 Å². The Bertz CT molecular complexity index is 970. The van der Waals surface area contributed by atoms with Crippen LogP contribution in [0.3, 0.4) is 0 Å². The summed E-state index contributed by atoms with van der Waals surface area (Å²) in [4.78, 5) is 12.6. The molecule has 1 N–H and O–H groups in total. The maximum atomic E-state index is 12.6. The van der Waals surface area contributed by atoms with E-state index in [4.69, 9.17) is 18.8 Å². The number of nitrogens with one attached hydrogen (secondary N) is 1. The molecule has 3 aromatic rings. The van der Waals surface area contributed by atoms with Crippen LogP contribution in [0.25, 0.3) is 11.3 Å². The summed E-state index contributed by atoms with van der Waals surface area (Å²) in [6.07, 6.45) is 1.28. The first kappa shape index (κ1) is 18.8. The molecular formula is C21H21N3O5. The number of hydrogen-bond acceptors (Lipinski definition) is 7. The summed E-state index contributed by atoms with van der Waals surface area (Å²) in [6.45, 7) is 2.89. The largest absolute Gasteiger partial charge is 0.494 e. The average Bonchev–Trinajstić information content (AvgIpc) is 3.22. The summed E-state index contributed by atoms with van der Waals surface area (Å²) in [5.74, 6) is 1.74. The standard InChI is InChI=1S/C21H21N3O5/c1-2-3-12-26-15-10-8-14(9-11-15)19-20(24-29-23-19)22-21(25)18-13-27-16-6-4-5-7-17(16)28-18/h4-11,18H,2-3,12-13H2,1H3,(H,22,24,25). The van der Waals surface area contributed by atoms with Gasteiger partial charge in [0, 0.05) is 5.56 Å². The summed E-state index contributed by atoms with van der Waals surface area (Å²) in [6, 6.07) is 14.6. The number of aromatic nitrogens is 2. The number of ether oxygens (including phenoxy) is 3. The lowest BCUT2D eigenvalue weighted by Crippen LogP contribution is -2.40. The van der Waals surface area contributed by atoms with Crippen molar-refractivity contribution in [1.29, 1.82) is 0 Å². The molecule has 8 nitrogen and oxygen atoms in total. The zero-order chi connectivity index (χ0) is 20.1. The van der Waals surface area contributed by atoms with Gasteiger partial charge in [-0.25, -0.2) is 4.63 Å². The van der Waals surface area contributed by atoms with Gasteiger partial charge in [-0.1, -0.05) is 25.5 Å². The molecule has 0 spiro atoms. The Morgan fingerprint density at radius 3 is 2.72 bits per heavy atom. The highest BCUT2D eigenvalue weighted by molar-refractivity contribution is 5.96. The molecule has 150 valence electrons. The molecule has 0 saturated heterocycles. The summed E-state index contributed by atoms with van der Waals surface area (Å²) < 4.78 is 21.8. The van der Waals surface area contributed by atoms with Gasteiger partial charge < -0.3 is 19.5 Å². The lowest BCUT2D eigenvalue weighted by molar-refractivity contribution is -0.125. The number of para-hydroxylation sites is 2. The predicted octanol–water partition coefficient (Wildman–Crippen LogP) is 3.69. The third kappa shape index (κ3) is 4.31. The van der Waals surface area contributed by atoms with Gasteiger partial charge in [-0.3, -0.25) is 4.79 Å². The molecule has 2 heterocycles. The Morgan fingerprint density at radius 2 is 1.93 bits per heavy atom. The molecule has 0 radical (unpaired) electrons. The minimum Gasteiger partial charge on any atom is -0.494 e. The first-order chi connectivity index (χ1) is 14.2. The molecule has 0 bridgehead atoms. The molecule has 1 amide bonds. The van der Waals surface area contributed by atoms with Gasteiger partial charge >= 0.3 is 0 Å². The summed E-state index contributed by atoms with van der Waals surface area (Å²) in [5.41, 5.74) is 1.17. The molecule has 0 fully saturated rings. The van der Waals surface area contributed by atoms with Crippen LogP contribution in [0.4, 0.5) is 5.82 Å². The number of amides is 1. The molecule has 4 rings (SSSR count). The third-order valence-electron chi connectivity index (χ3n) is 4.43. The molecule has 1 aromatic heterocycles. The number of hydrogen-bond donors (Lipinski definition) is 1. The number of fused-ring (bicyclic) bond motifs is 1. The van der Waals surface area contributed by atoms with E-state index in [-0.39, 0.29) is 12.4 Å². The van der Waals surface area contributed by atoms with Crippen LogP contribution in [-0.4, -0.2) is 35.5 Å². The number of unbranched alkanes of at least 4 members (excludes halogenated alkanes) is 1. The van der Waals surface area contributed by atoms with E-state index in [9.17, 15) is 4.79 Å². The molecule has 1 atom stereocenters. The molecule has 0 aliphatic carbocycles. The van der Waals surface area contributed by atoms with Crippen LogP contribution in [0.2, 0.25) is 0 Å².